The Bertz CT molecular complexity index is 984. The molecule has 3 heterocycles. The summed E-state index contributed by atoms with van der Waals surface area (Å²) in [6, 6.07) is 4.61. The lowest BCUT2D eigenvalue weighted by molar-refractivity contribution is 0.0378. The van der Waals surface area contributed by atoms with Gasteiger partial charge in [0.25, 0.3) is 5.91 Å². The number of ether oxygens (including phenoxy) is 1. The molecule has 1 saturated heterocycles. The second kappa shape index (κ2) is 12.1. The van der Waals surface area contributed by atoms with Gasteiger partial charge in [-0.15, -0.1) is 0 Å². The summed E-state index contributed by atoms with van der Waals surface area (Å²) in [6.07, 6.45) is 6.44. The SMILES string of the molecule is NC(=O)c1cc(F)c(NC2CCCC[C@@H]2N)nc1Nc1ccc(NCCCN2CCOCC2)nc1. The predicted octanol–water partition coefficient (Wildman–Crippen LogP) is 2.27. The maximum absolute atomic E-state index is 14.7. The van der Waals surface area contributed by atoms with Gasteiger partial charge < -0.3 is 32.2 Å². The fourth-order valence-corrected chi connectivity index (χ4v) is 4.44. The summed E-state index contributed by atoms with van der Waals surface area (Å²) >= 11 is 0. The number of nitrogens with two attached hydrogens (primary N) is 2. The van der Waals surface area contributed by atoms with Crippen molar-refractivity contribution < 1.29 is 13.9 Å². The number of halogens is 1. The van der Waals surface area contributed by atoms with Gasteiger partial charge >= 0.3 is 0 Å². The van der Waals surface area contributed by atoms with Gasteiger partial charge in [-0.25, -0.2) is 14.4 Å². The number of aromatic nitrogens is 2. The van der Waals surface area contributed by atoms with Gasteiger partial charge in [0.05, 0.1) is 30.7 Å². The van der Waals surface area contributed by atoms with Gasteiger partial charge in [-0.2, -0.15) is 0 Å². The van der Waals surface area contributed by atoms with Crippen LogP contribution in [0.5, 0.6) is 0 Å². The number of pyridine rings is 2. The Morgan fingerprint density at radius 1 is 1.20 bits per heavy atom. The lowest BCUT2D eigenvalue weighted by Gasteiger charge is -2.30. The van der Waals surface area contributed by atoms with Crippen LogP contribution in [0.4, 0.5) is 27.5 Å². The number of hydrogen-bond acceptors (Lipinski definition) is 9. The third kappa shape index (κ3) is 7.00. The minimum atomic E-state index is -0.772. The molecule has 2 atom stereocenters. The highest BCUT2D eigenvalue weighted by atomic mass is 19.1. The fourth-order valence-electron chi connectivity index (χ4n) is 4.44. The fraction of sp³-hybridized carbons (Fsp3) is 0.542. The Balaban J connectivity index is 1.37. The van der Waals surface area contributed by atoms with Crippen molar-refractivity contribution in [2.45, 2.75) is 44.2 Å². The highest BCUT2D eigenvalue weighted by Crippen LogP contribution is 2.26. The number of hydrogen-bond donors (Lipinski definition) is 5. The van der Waals surface area contributed by atoms with Gasteiger partial charge in [-0.1, -0.05) is 12.8 Å². The van der Waals surface area contributed by atoms with E-state index in [0.29, 0.717) is 5.69 Å². The number of amides is 1. The van der Waals surface area contributed by atoms with E-state index in [1.165, 1.54) is 0 Å². The first-order valence-corrected chi connectivity index (χ1v) is 12.3. The second-order valence-corrected chi connectivity index (χ2v) is 9.07. The number of morpholine rings is 1. The smallest absolute Gasteiger partial charge is 0.252 e. The van der Waals surface area contributed by atoms with E-state index in [4.69, 9.17) is 16.2 Å². The number of carbonyl (C=O) groups is 1. The predicted molar refractivity (Wildman–Crippen MR) is 134 cm³/mol. The molecule has 1 unspecified atom stereocenters. The summed E-state index contributed by atoms with van der Waals surface area (Å²) < 4.78 is 20.1. The molecule has 4 rings (SSSR count). The third-order valence-electron chi connectivity index (χ3n) is 6.47. The quantitative estimate of drug-likeness (QED) is 0.320. The van der Waals surface area contributed by atoms with Gasteiger partial charge in [0, 0.05) is 31.7 Å². The average molecular weight is 487 g/mol. The Labute approximate surface area is 205 Å². The molecule has 1 amide bonds. The van der Waals surface area contributed by atoms with Crippen LogP contribution in [0, 0.1) is 5.82 Å². The van der Waals surface area contributed by atoms with E-state index in [0.717, 1.165) is 83.4 Å². The molecular weight excluding hydrogens is 451 g/mol. The van der Waals surface area contributed by atoms with Gasteiger partial charge in [0.1, 0.15) is 11.6 Å². The maximum Gasteiger partial charge on any atom is 0.252 e. The third-order valence-corrected chi connectivity index (χ3v) is 6.47. The van der Waals surface area contributed by atoms with Crippen molar-refractivity contribution in [3.8, 4) is 0 Å². The molecule has 0 bridgehead atoms. The normalized spacial score (nSPS) is 20.9. The van der Waals surface area contributed by atoms with Crippen LogP contribution in [0.2, 0.25) is 0 Å². The van der Waals surface area contributed by atoms with Crippen molar-refractivity contribution in [1.82, 2.24) is 14.9 Å². The van der Waals surface area contributed by atoms with E-state index >= 15 is 0 Å². The lowest BCUT2D eigenvalue weighted by Crippen LogP contribution is -2.43. The van der Waals surface area contributed by atoms with E-state index in [9.17, 15) is 9.18 Å². The molecule has 7 N–H and O–H groups in total. The summed E-state index contributed by atoms with van der Waals surface area (Å²) in [5, 5.41) is 9.48. The maximum atomic E-state index is 14.7. The van der Waals surface area contributed by atoms with E-state index < -0.39 is 11.7 Å². The van der Waals surface area contributed by atoms with Crippen molar-refractivity contribution in [2.24, 2.45) is 11.5 Å². The minimum absolute atomic E-state index is 0.0358. The molecule has 10 nitrogen and oxygen atoms in total. The number of nitrogens with zero attached hydrogens (tertiary/aromatic N) is 3. The zero-order valence-corrected chi connectivity index (χ0v) is 19.9. The first kappa shape index (κ1) is 25.1. The van der Waals surface area contributed by atoms with Crippen LogP contribution in [-0.2, 0) is 4.74 Å². The minimum Gasteiger partial charge on any atom is -0.379 e. The topological polar surface area (TPSA) is 143 Å². The Morgan fingerprint density at radius 3 is 2.71 bits per heavy atom. The Kier molecular flexibility index (Phi) is 8.67. The van der Waals surface area contributed by atoms with Gasteiger partial charge in [-0.05, 0) is 44.0 Å². The molecule has 2 fully saturated rings. The largest absolute Gasteiger partial charge is 0.379 e. The van der Waals surface area contributed by atoms with Crippen molar-refractivity contribution in [3.05, 3.63) is 35.8 Å². The summed E-state index contributed by atoms with van der Waals surface area (Å²) in [5.41, 5.74) is 12.2. The molecule has 1 aliphatic heterocycles. The molecule has 1 aliphatic carbocycles. The summed E-state index contributed by atoms with van der Waals surface area (Å²) in [4.78, 5) is 23.1. The van der Waals surface area contributed by atoms with E-state index in [-0.39, 0.29) is 29.3 Å². The van der Waals surface area contributed by atoms with E-state index in [2.05, 4.69) is 30.8 Å². The number of primary amides is 1. The van der Waals surface area contributed by atoms with Crippen LogP contribution in [-0.4, -0.2) is 72.3 Å². The molecular formula is C24H35FN8O2. The van der Waals surface area contributed by atoms with Crippen LogP contribution < -0.4 is 27.4 Å². The molecule has 2 aromatic rings. The van der Waals surface area contributed by atoms with Crippen molar-refractivity contribution in [3.63, 3.8) is 0 Å². The molecule has 11 heteroatoms. The van der Waals surface area contributed by atoms with Crippen LogP contribution in [0.15, 0.2) is 24.4 Å². The molecule has 0 radical (unpaired) electrons. The van der Waals surface area contributed by atoms with Crippen LogP contribution >= 0.6 is 0 Å². The number of carbonyl (C=O) groups excluding carboxylic acids is 1. The lowest BCUT2D eigenvalue weighted by atomic mass is 9.91. The van der Waals surface area contributed by atoms with Crippen molar-refractivity contribution in [2.75, 3.05) is 55.3 Å². The van der Waals surface area contributed by atoms with E-state index in [1.54, 1.807) is 6.20 Å². The zero-order chi connectivity index (χ0) is 24.6. The Hall–Kier alpha value is -3.02. The van der Waals surface area contributed by atoms with Crippen LogP contribution in [0.25, 0.3) is 0 Å². The number of anilines is 4. The van der Waals surface area contributed by atoms with Crippen LogP contribution in [0.3, 0.4) is 0 Å². The van der Waals surface area contributed by atoms with Crippen molar-refractivity contribution in [1.29, 1.82) is 0 Å². The highest BCUT2D eigenvalue weighted by Gasteiger charge is 2.24. The molecule has 190 valence electrons. The molecule has 35 heavy (non-hydrogen) atoms. The molecule has 0 spiro atoms. The first-order chi connectivity index (χ1) is 17.0. The molecule has 2 aromatic heterocycles. The van der Waals surface area contributed by atoms with Gasteiger partial charge in [-0.3, -0.25) is 9.69 Å². The molecule has 2 aliphatic rings. The standard InChI is InChI=1S/C24H35FN8O2/c25-18-14-17(22(27)34)23(32-24(18)31-20-5-2-1-4-19(20)26)30-16-6-7-21(29-15-16)28-8-3-9-33-10-12-35-13-11-33/h6-7,14-15,19-20H,1-5,8-13,26H2,(H2,27,34)(H,28,29)(H2,30,31,32)/t19-,20?/m0/s1. The van der Waals surface area contributed by atoms with Crippen molar-refractivity contribution >= 4 is 29.0 Å². The number of rotatable bonds is 10. The second-order valence-electron chi connectivity index (χ2n) is 9.07. The first-order valence-electron chi connectivity index (χ1n) is 12.3. The highest BCUT2D eigenvalue weighted by molar-refractivity contribution is 5.98. The Morgan fingerprint density at radius 2 is 2.00 bits per heavy atom. The summed E-state index contributed by atoms with van der Waals surface area (Å²) in [7, 11) is 0. The monoisotopic (exact) mass is 486 g/mol. The van der Waals surface area contributed by atoms with Gasteiger partial charge in [0.2, 0.25) is 0 Å². The number of nitrogens with one attached hydrogen (secondary N) is 3. The van der Waals surface area contributed by atoms with Gasteiger partial charge in [0.15, 0.2) is 11.6 Å². The van der Waals surface area contributed by atoms with E-state index in [1.807, 2.05) is 12.1 Å². The molecule has 1 saturated carbocycles. The average Bonchev–Trinajstić information content (AvgIpc) is 2.86. The summed E-state index contributed by atoms with van der Waals surface area (Å²) in [5.74, 6) is -0.457. The van der Waals surface area contributed by atoms with Crippen LogP contribution in [0.1, 0.15) is 42.5 Å². The summed E-state index contributed by atoms with van der Waals surface area (Å²) in [6.45, 7) is 5.39. The molecule has 0 aromatic carbocycles. The zero-order valence-electron chi connectivity index (χ0n) is 19.9.